The van der Waals surface area contributed by atoms with Crippen LogP contribution in [0.1, 0.15) is 0 Å². The summed E-state index contributed by atoms with van der Waals surface area (Å²) in [6.45, 7) is 4.15. The van der Waals surface area contributed by atoms with Crippen molar-refractivity contribution >= 4 is 30.5 Å². The lowest BCUT2D eigenvalue weighted by atomic mass is 10.2. The molecule has 0 unspecified atom stereocenters. The summed E-state index contributed by atoms with van der Waals surface area (Å²) in [6, 6.07) is 6.06. The molecule has 0 aromatic heterocycles. The van der Waals surface area contributed by atoms with Gasteiger partial charge in [0.2, 0.25) is 0 Å². The molecule has 0 atom stereocenters. The maximum absolute atomic E-state index is 5.30. The Morgan fingerprint density at radius 2 is 1.61 bits per heavy atom. The van der Waals surface area contributed by atoms with Crippen molar-refractivity contribution < 1.29 is 9.47 Å². The molecule has 1 aromatic carbocycles. The van der Waals surface area contributed by atoms with Crippen molar-refractivity contribution in [3.63, 3.8) is 0 Å². The minimum atomic E-state index is 0. The molecule has 1 aliphatic heterocycles. The third-order valence-corrected chi connectivity index (χ3v) is 2.85. The lowest BCUT2D eigenvalue weighted by Gasteiger charge is -2.29. The van der Waals surface area contributed by atoms with Crippen molar-refractivity contribution in [3.05, 3.63) is 18.2 Å². The second-order valence-corrected chi connectivity index (χ2v) is 3.78. The molecule has 104 valence electrons. The minimum Gasteiger partial charge on any atom is -0.493 e. The highest BCUT2D eigenvalue weighted by Gasteiger charge is 2.12. The second kappa shape index (κ2) is 8.29. The average Bonchev–Trinajstić information content (AvgIpc) is 2.39. The van der Waals surface area contributed by atoms with E-state index in [4.69, 9.17) is 9.47 Å². The smallest absolute Gasteiger partial charge is 0.162 e. The molecule has 0 bridgehead atoms. The summed E-state index contributed by atoms with van der Waals surface area (Å²) >= 11 is 0. The van der Waals surface area contributed by atoms with Gasteiger partial charge in [-0.25, -0.2) is 0 Å². The van der Waals surface area contributed by atoms with E-state index < -0.39 is 0 Å². The molecule has 2 rings (SSSR count). The van der Waals surface area contributed by atoms with Gasteiger partial charge < -0.3 is 19.7 Å². The van der Waals surface area contributed by atoms with Crippen LogP contribution in [0.4, 0.5) is 5.69 Å². The van der Waals surface area contributed by atoms with Gasteiger partial charge in [-0.3, -0.25) is 0 Å². The monoisotopic (exact) mass is 294 g/mol. The van der Waals surface area contributed by atoms with Crippen LogP contribution in [0.15, 0.2) is 18.2 Å². The van der Waals surface area contributed by atoms with Gasteiger partial charge in [0.1, 0.15) is 0 Å². The van der Waals surface area contributed by atoms with Crippen LogP contribution in [0, 0.1) is 0 Å². The molecule has 18 heavy (non-hydrogen) atoms. The highest BCUT2D eigenvalue weighted by Crippen LogP contribution is 2.31. The average molecular weight is 295 g/mol. The quantitative estimate of drug-likeness (QED) is 0.924. The van der Waals surface area contributed by atoms with E-state index in [1.54, 1.807) is 14.2 Å². The summed E-state index contributed by atoms with van der Waals surface area (Å²) in [5.74, 6) is 1.57. The highest BCUT2D eigenvalue weighted by atomic mass is 35.5. The Hall–Kier alpha value is -0.840. The van der Waals surface area contributed by atoms with Crippen molar-refractivity contribution in [3.8, 4) is 11.5 Å². The van der Waals surface area contributed by atoms with E-state index in [0.717, 1.165) is 37.7 Å². The molecule has 0 amide bonds. The van der Waals surface area contributed by atoms with Gasteiger partial charge in [-0.1, -0.05) is 0 Å². The third-order valence-electron chi connectivity index (χ3n) is 2.85. The van der Waals surface area contributed by atoms with Crippen LogP contribution in [0.3, 0.4) is 0 Å². The van der Waals surface area contributed by atoms with Crippen LogP contribution >= 0.6 is 24.8 Å². The van der Waals surface area contributed by atoms with Gasteiger partial charge in [-0.2, -0.15) is 0 Å². The van der Waals surface area contributed by atoms with Crippen molar-refractivity contribution in [1.82, 2.24) is 5.32 Å². The van der Waals surface area contributed by atoms with Crippen LogP contribution in [0.5, 0.6) is 11.5 Å². The Bertz CT molecular complexity index is 358. The van der Waals surface area contributed by atoms with Gasteiger partial charge in [-0.05, 0) is 12.1 Å². The summed E-state index contributed by atoms with van der Waals surface area (Å²) in [7, 11) is 3.32. The summed E-state index contributed by atoms with van der Waals surface area (Å²) in [4.78, 5) is 2.35. The zero-order valence-electron chi connectivity index (χ0n) is 10.6. The van der Waals surface area contributed by atoms with Crippen molar-refractivity contribution in [1.29, 1.82) is 0 Å². The Kier molecular flexibility index (Phi) is 7.91. The predicted octanol–water partition coefficient (Wildman–Crippen LogP) is 1.96. The molecular formula is C12H20Cl2N2O2. The molecule has 1 N–H and O–H groups in total. The number of rotatable bonds is 3. The van der Waals surface area contributed by atoms with E-state index in [9.17, 15) is 0 Å². The Morgan fingerprint density at radius 1 is 1.00 bits per heavy atom. The first-order valence-corrected chi connectivity index (χ1v) is 5.53. The van der Waals surface area contributed by atoms with Crippen molar-refractivity contribution in [2.75, 3.05) is 45.3 Å². The molecule has 4 nitrogen and oxygen atoms in total. The largest absolute Gasteiger partial charge is 0.493 e. The van der Waals surface area contributed by atoms with E-state index in [-0.39, 0.29) is 24.8 Å². The van der Waals surface area contributed by atoms with Gasteiger partial charge in [0.25, 0.3) is 0 Å². The Labute approximate surface area is 120 Å². The number of piperazine rings is 1. The molecule has 1 fully saturated rings. The fourth-order valence-corrected chi connectivity index (χ4v) is 1.94. The van der Waals surface area contributed by atoms with Crippen LogP contribution in [0.25, 0.3) is 0 Å². The van der Waals surface area contributed by atoms with E-state index in [1.165, 1.54) is 5.69 Å². The molecular weight excluding hydrogens is 275 g/mol. The molecule has 0 spiro atoms. The first-order valence-electron chi connectivity index (χ1n) is 5.53. The Morgan fingerprint density at radius 3 is 2.17 bits per heavy atom. The van der Waals surface area contributed by atoms with E-state index in [1.807, 2.05) is 12.1 Å². The first kappa shape index (κ1) is 17.2. The third kappa shape index (κ3) is 3.83. The molecule has 1 aliphatic rings. The standard InChI is InChI=1S/C12H18N2O2.2ClH/c1-15-11-4-3-10(9-12(11)16-2)14-7-5-13-6-8-14;;/h3-4,9,13H,5-8H2,1-2H3;2*1H. The molecule has 0 saturated carbocycles. The van der Waals surface area contributed by atoms with E-state index in [0.29, 0.717) is 0 Å². The maximum Gasteiger partial charge on any atom is 0.162 e. The van der Waals surface area contributed by atoms with Gasteiger partial charge >= 0.3 is 0 Å². The van der Waals surface area contributed by atoms with Crippen molar-refractivity contribution in [2.24, 2.45) is 0 Å². The number of hydrogen-bond donors (Lipinski definition) is 1. The first-order chi connectivity index (χ1) is 7.85. The minimum absolute atomic E-state index is 0. The van der Waals surface area contributed by atoms with Crippen LogP contribution in [0.2, 0.25) is 0 Å². The van der Waals surface area contributed by atoms with Gasteiger partial charge in [0.15, 0.2) is 11.5 Å². The SMILES string of the molecule is COc1ccc(N2CCNCC2)cc1OC.Cl.Cl. The number of nitrogens with zero attached hydrogens (tertiary/aromatic N) is 1. The number of nitrogens with one attached hydrogen (secondary N) is 1. The fraction of sp³-hybridized carbons (Fsp3) is 0.500. The maximum atomic E-state index is 5.30. The van der Waals surface area contributed by atoms with E-state index >= 15 is 0 Å². The molecule has 1 saturated heterocycles. The molecule has 6 heteroatoms. The molecule has 1 aromatic rings. The number of benzene rings is 1. The summed E-state index contributed by atoms with van der Waals surface area (Å²) in [6.07, 6.45) is 0. The van der Waals surface area contributed by atoms with Crippen molar-refractivity contribution in [2.45, 2.75) is 0 Å². The zero-order valence-corrected chi connectivity index (χ0v) is 12.3. The molecule has 0 radical (unpaired) electrons. The summed E-state index contributed by atoms with van der Waals surface area (Å²) < 4.78 is 10.5. The lowest BCUT2D eigenvalue weighted by molar-refractivity contribution is 0.355. The van der Waals surface area contributed by atoms with E-state index in [2.05, 4.69) is 16.3 Å². The number of anilines is 1. The Balaban J connectivity index is 0.00000144. The van der Waals surface area contributed by atoms with Crippen LogP contribution in [-0.4, -0.2) is 40.4 Å². The summed E-state index contributed by atoms with van der Waals surface area (Å²) in [5.41, 5.74) is 1.19. The zero-order chi connectivity index (χ0) is 11.4. The molecule has 0 aliphatic carbocycles. The number of methoxy groups -OCH3 is 2. The second-order valence-electron chi connectivity index (χ2n) is 3.78. The lowest BCUT2D eigenvalue weighted by Crippen LogP contribution is -2.43. The number of ether oxygens (including phenoxy) is 2. The van der Waals surface area contributed by atoms with Crippen LogP contribution in [-0.2, 0) is 0 Å². The highest BCUT2D eigenvalue weighted by molar-refractivity contribution is 5.85. The van der Waals surface area contributed by atoms with Crippen LogP contribution < -0.4 is 19.7 Å². The van der Waals surface area contributed by atoms with Gasteiger partial charge in [0.05, 0.1) is 14.2 Å². The number of halogens is 2. The normalized spacial score (nSPS) is 14.2. The van der Waals surface area contributed by atoms with Gasteiger partial charge in [0, 0.05) is 37.9 Å². The topological polar surface area (TPSA) is 33.7 Å². The summed E-state index contributed by atoms with van der Waals surface area (Å²) in [5, 5.41) is 3.34. The number of hydrogen-bond acceptors (Lipinski definition) is 4. The predicted molar refractivity (Wildman–Crippen MR) is 79.1 cm³/mol. The van der Waals surface area contributed by atoms with Gasteiger partial charge in [-0.15, -0.1) is 24.8 Å². The molecule has 1 heterocycles. The fourth-order valence-electron chi connectivity index (χ4n) is 1.94.